The number of nitriles is 1. The van der Waals surface area contributed by atoms with Crippen LogP contribution in [0.25, 0.3) is 11.2 Å². The van der Waals surface area contributed by atoms with E-state index in [1.807, 2.05) is 17.6 Å². The van der Waals surface area contributed by atoms with Crippen molar-refractivity contribution in [2.24, 2.45) is 5.73 Å². The van der Waals surface area contributed by atoms with E-state index in [1.54, 1.807) is 6.33 Å². The van der Waals surface area contributed by atoms with Gasteiger partial charge in [-0.2, -0.15) is 5.26 Å². The maximum atomic E-state index is 12.8. The largest absolute Gasteiger partial charge is 0.382 e. The number of benzene rings is 1. The topological polar surface area (TPSA) is 152 Å². The van der Waals surface area contributed by atoms with Crippen LogP contribution in [0.15, 0.2) is 18.7 Å². The molecule has 1 amide bonds. The standard InChI is InChI=1S/C23H26ClN9O/c1-2-14-15(8-25)17(24)7-18(32-6-5-23(27,10-32)22(34)31-13-3-4-13)16(14)9-33-12-30-19-20(26)28-11-29-21(19)33/h7,11-13H,2-6,9-10,27H2,1H3,(H,31,34)(H2,26,28,29). The van der Waals surface area contributed by atoms with Gasteiger partial charge in [0.15, 0.2) is 11.5 Å². The van der Waals surface area contributed by atoms with Crippen molar-refractivity contribution in [1.82, 2.24) is 24.8 Å². The molecule has 176 valence electrons. The summed E-state index contributed by atoms with van der Waals surface area (Å²) in [5.41, 5.74) is 15.8. The average molecular weight is 480 g/mol. The second-order valence-corrected chi connectivity index (χ2v) is 9.46. The summed E-state index contributed by atoms with van der Waals surface area (Å²) >= 11 is 6.56. The summed E-state index contributed by atoms with van der Waals surface area (Å²) in [6.45, 7) is 3.36. The van der Waals surface area contributed by atoms with Gasteiger partial charge in [-0.25, -0.2) is 15.0 Å². The minimum atomic E-state index is -0.976. The highest BCUT2D eigenvalue weighted by Gasteiger charge is 2.43. The van der Waals surface area contributed by atoms with Gasteiger partial charge >= 0.3 is 0 Å². The Hall–Kier alpha value is -3.42. The van der Waals surface area contributed by atoms with Crippen molar-refractivity contribution in [3.8, 4) is 6.07 Å². The average Bonchev–Trinajstić information content (AvgIpc) is 3.39. The number of fused-ring (bicyclic) bond motifs is 1. The van der Waals surface area contributed by atoms with E-state index in [0.717, 1.165) is 29.7 Å². The number of carbonyl (C=O) groups is 1. The molecule has 2 fully saturated rings. The molecule has 3 aromatic rings. The summed E-state index contributed by atoms with van der Waals surface area (Å²) in [6, 6.07) is 4.31. The van der Waals surface area contributed by atoms with Crippen LogP contribution in [-0.2, 0) is 17.8 Å². The quantitative estimate of drug-likeness (QED) is 0.483. The Morgan fingerprint density at radius 1 is 1.35 bits per heavy atom. The molecule has 1 atom stereocenters. The third kappa shape index (κ3) is 3.81. The molecular formula is C23H26ClN9O. The SMILES string of the molecule is CCc1c(C#N)c(Cl)cc(N2CCC(N)(C(=O)NC3CC3)C2)c1Cn1cnc2c(N)ncnc21. The maximum absolute atomic E-state index is 12.8. The van der Waals surface area contributed by atoms with E-state index < -0.39 is 5.54 Å². The van der Waals surface area contributed by atoms with E-state index in [2.05, 4.69) is 31.2 Å². The van der Waals surface area contributed by atoms with E-state index in [4.69, 9.17) is 23.1 Å². The number of nitrogens with one attached hydrogen (secondary N) is 1. The Morgan fingerprint density at radius 3 is 2.85 bits per heavy atom. The van der Waals surface area contributed by atoms with Gasteiger partial charge in [0.25, 0.3) is 0 Å². The van der Waals surface area contributed by atoms with Gasteiger partial charge in [-0.3, -0.25) is 4.79 Å². The first-order valence-corrected chi connectivity index (χ1v) is 11.7. The van der Waals surface area contributed by atoms with Crippen molar-refractivity contribution < 1.29 is 4.79 Å². The van der Waals surface area contributed by atoms with E-state index in [9.17, 15) is 10.1 Å². The van der Waals surface area contributed by atoms with Gasteiger partial charge in [-0.1, -0.05) is 18.5 Å². The maximum Gasteiger partial charge on any atom is 0.242 e. The van der Waals surface area contributed by atoms with Crippen molar-refractivity contribution in [3.05, 3.63) is 40.4 Å². The zero-order valence-electron chi connectivity index (χ0n) is 18.9. The number of hydrogen-bond donors (Lipinski definition) is 3. The number of nitrogens with zero attached hydrogens (tertiary/aromatic N) is 6. The van der Waals surface area contributed by atoms with Gasteiger partial charge < -0.3 is 26.3 Å². The highest BCUT2D eigenvalue weighted by Crippen LogP contribution is 2.37. The minimum Gasteiger partial charge on any atom is -0.382 e. The molecule has 5 N–H and O–H groups in total. The smallest absolute Gasteiger partial charge is 0.242 e. The summed E-state index contributed by atoms with van der Waals surface area (Å²) in [4.78, 5) is 27.7. The molecule has 1 aromatic carbocycles. The molecule has 1 aliphatic carbocycles. The number of nitrogen functional groups attached to an aromatic ring is 1. The summed E-state index contributed by atoms with van der Waals surface area (Å²) in [7, 11) is 0. The van der Waals surface area contributed by atoms with E-state index >= 15 is 0 Å². The normalized spacial score (nSPS) is 20.0. The monoisotopic (exact) mass is 479 g/mol. The van der Waals surface area contributed by atoms with Crippen molar-refractivity contribution in [2.45, 2.75) is 50.7 Å². The molecule has 0 radical (unpaired) electrons. The van der Waals surface area contributed by atoms with Crippen LogP contribution in [0.3, 0.4) is 0 Å². The third-order valence-corrected chi connectivity index (χ3v) is 7.01. The Kier molecular flexibility index (Phi) is 5.54. The number of anilines is 2. The molecule has 5 rings (SSSR count). The fourth-order valence-electron chi connectivity index (χ4n) is 4.66. The fraction of sp³-hybridized carbons (Fsp3) is 0.435. The Morgan fingerprint density at radius 2 is 2.15 bits per heavy atom. The van der Waals surface area contributed by atoms with Crippen LogP contribution < -0.4 is 21.7 Å². The van der Waals surface area contributed by atoms with Crippen LogP contribution in [0.5, 0.6) is 0 Å². The lowest BCUT2D eigenvalue weighted by molar-refractivity contribution is -0.125. The molecule has 1 saturated carbocycles. The third-order valence-electron chi connectivity index (χ3n) is 6.71. The zero-order valence-corrected chi connectivity index (χ0v) is 19.6. The number of carbonyl (C=O) groups excluding carboxylic acids is 1. The summed E-state index contributed by atoms with van der Waals surface area (Å²) in [5, 5.41) is 13.2. The Bertz CT molecular complexity index is 1330. The fourth-order valence-corrected chi connectivity index (χ4v) is 4.92. The Balaban J connectivity index is 1.56. The van der Waals surface area contributed by atoms with Crippen LogP contribution in [0, 0.1) is 11.3 Å². The van der Waals surface area contributed by atoms with Crippen molar-refractivity contribution in [3.63, 3.8) is 0 Å². The van der Waals surface area contributed by atoms with Crippen molar-refractivity contribution in [1.29, 1.82) is 5.26 Å². The van der Waals surface area contributed by atoms with Gasteiger partial charge in [0.2, 0.25) is 5.91 Å². The molecule has 0 spiro atoms. The zero-order chi connectivity index (χ0) is 24.0. The van der Waals surface area contributed by atoms with Crippen LogP contribution in [0.1, 0.15) is 42.9 Å². The lowest BCUT2D eigenvalue weighted by atomic mass is 9.96. The van der Waals surface area contributed by atoms with Crippen LogP contribution in [0.4, 0.5) is 11.5 Å². The molecule has 0 bridgehead atoms. The molecule has 34 heavy (non-hydrogen) atoms. The van der Waals surface area contributed by atoms with Gasteiger partial charge in [-0.05, 0) is 42.9 Å². The van der Waals surface area contributed by atoms with Crippen molar-refractivity contribution in [2.75, 3.05) is 23.7 Å². The summed E-state index contributed by atoms with van der Waals surface area (Å²) in [6.07, 6.45) is 6.23. The first-order valence-electron chi connectivity index (χ1n) is 11.3. The highest BCUT2D eigenvalue weighted by atomic mass is 35.5. The van der Waals surface area contributed by atoms with Gasteiger partial charge in [0, 0.05) is 24.8 Å². The highest BCUT2D eigenvalue weighted by molar-refractivity contribution is 6.32. The molecule has 10 nitrogen and oxygen atoms in total. The number of imidazole rings is 1. The summed E-state index contributed by atoms with van der Waals surface area (Å²) < 4.78 is 1.88. The predicted octanol–water partition coefficient (Wildman–Crippen LogP) is 1.73. The number of halogens is 1. The molecule has 1 saturated heterocycles. The first kappa shape index (κ1) is 22.4. The molecule has 1 aliphatic heterocycles. The predicted molar refractivity (Wildman–Crippen MR) is 129 cm³/mol. The van der Waals surface area contributed by atoms with E-state index in [-0.39, 0.29) is 11.9 Å². The molecule has 11 heteroatoms. The van der Waals surface area contributed by atoms with Gasteiger partial charge in [-0.15, -0.1) is 0 Å². The van der Waals surface area contributed by atoms with E-state index in [0.29, 0.717) is 60.0 Å². The number of nitrogens with two attached hydrogens (primary N) is 2. The van der Waals surface area contributed by atoms with Crippen LogP contribution in [0.2, 0.25) is 5.02 Å². The number of amides is 1. The molecular weight excluding hydrogens is 454 g/mol. The number of hydrogen-bond acceptors (Lipinski definition) is 8. The lowest BCUT2D eigenvalue weighted by Gasteiger charge is -2.28. The lowest BCUT2D eigenvalue weighted by Crippen LogP contribution is -2.56. The number of aromatic nitrogens is 4. The second-order valence-electron chi connectivity index (χ2n) is 9.05. The first-order chi connectivity index (χ1) is 16.3. The van der Waals surface area contributed by atoms with Gasteiger partial charge in [0.1, 0.15) is 23.5 Å². The Labute approximate surface area is 201 Å². The van der Waals surface area contributed by atoms with E-state index in [1.165, 1.54) is 6.33 Å². The molecule has 3 heterocycles. The van der Waals surface area contributed by atoms with Crippen molar-refractivity contribution >= 4 is 40.2 Å². The summed E-state index contributed by atoms with van der Waals surface area (Å²) in [5.74, 6) is 0.199. The number of rotatable bonds is 6. The molecule has 1 unspecified atom stereocenters. The molecule has 2 aliphatic rings. The molecule has 2 aromatic heterocycles. The second kappa shape index (κ2) is 8.42. The van der Waals surface area contributed by atoms with Crippen LogP contribution in [-0.4, -0.2) is 50.1 Å². The van der Waals surface area contributed by atoms with Crippen LogP contribution >= 0.6 is 11.6 Å². The van der Waals surface area contributed by atoms with Gasteiger partial charge in [0.05, 0.1) is 23.5 Å². The minimum absolute atomic E-state index is 0.109.